The highest BCUT2D eigenvalue weighted by Crippen LogP contribution is 2.23. The minimum absolute atomic E-state index is 0.169. The number of nitrogens with zero attached hydrogens (tertiary/aromatic N) is 2. The van der Waals surface area contributed by atoms with Gasteiger partial charge in [0.15, 0.2) is 0 Å². The van der Waals surface area contributed by atoms with Crippen LogP contribution in [0.4, 0.5) is 0 Å². The van der Waals surface area contributed by atoms with Gasteiger partial charge in [-0.3, -0.25) is 4.79 Å². The molecule has 0 aliphatic rings. The molecule has 0 heterocycles. The molecule has 19 heavy (non-hydrogen) atoms. The minimum Gasteiger partial charge on any atom is -0.496 e. The van der Waals surface area contributed by atoms with Crippen LogP contribution in [0.1, 0.15) is 12.0 Å². The van der Waals surface area contributed by atoms with Gasteiger partial charge in [0.2, 0.25) is 5.91 Å². The number of halogens is 1. The normalized spacial score (nSPS) is 10.2. The summed E-state index contributed by atoms with van der Waals surface area (Å²) in [4.78, 5) is 13.2. The fourth-order valence-corrected chi connectivity index (χ4v) is 1.63. The van der Waals surface area contributed by atoms with E-state index in [9.17, 15) is 4.79 Å². The lowest BCUT2D eigenvalue weighted by atomic mass is 10.2. The average molecular weight is 279 g/mol. The summed E-state index contributed by atoms with van der Waals surface area (Å²) in [6.45, 7) is 0.409. The Morgan fingerprint density at radius 3 is 2.95 bits per heavy atom. The van der Waals surface area contributed by atoms with Crippen LogP contribution in [-0.4, -0.2) is 31.5 Å². The molecule has 0 fully saturated rings. The number of hydrogen-bond acceptors (Lipinski definition) is 3. The molecular formula is C14H15ClN2O2. The number of hydrogen-bond donors (Lipinski definition) is 0. The Labute approximate surface area is 117 Å². The second kappa shape index (κ2) is 7.45. The monoisotopic (exact) mass is 278 g/mol. The van der Waals surface area contributed by atoms with Crippen LogP contribution in [0.25, 0.3) is 6.08 Å². The summed E-state index contributed by atoms with van der Waals surface area (Å²) in [6, 6.07) is 7.18. The largest absolute Gasteiger partial charge is 0.496 e. The molecule has 1 aromatic carbocycles. The number of likely N-dealkylation sites (N-methyl/N-ethyl adjacent to an activating group) is 1. The van der Waals surface area contributed by atoms with Crippen molar-refractivity contribution in [1.29, 1.82) is 5.26 Å². The van der Waals surface area contributed by atoms with E-state index < -0.39 is 0 Å². The van der Waals surface area contributed by atoms with Crippen molar-refractivity contribution in [2.24, 2.45) is 0 Å². The molecule has 0 aliphatic heterocycles. The lowest BCUT2D eigenvalue weighted by Crippen LogP contribution is -2.25. The second-order valence-corrected chi connectivity index (χ2v) is 4.32. The zero-order valence-electron chi connectivity index (χ0n) is 10.9. The van der Waals surface area contributed by atoms with Crippen molar-refractivity contribution in [1.82, 2.24) is 4.90 Å². The molecule has 0 spiro atoms. The molecule has 0 unspecified atom stereocenters. The zero-order chi connectivity index (χ0) is 14.3. The summed E-state index contributed by atoms with van der Waals surface area (Å²) < 4.78 is 5.18. The lowest BCUT2D eigenvalue weighted by Gasteiger charge is -2.12. The highest BCUT2D eigenvalue weighted by atomic mass is 35.5. The minimum atomic E-state index is -0.169. The van der Waals surface area contributed by atoms with Crippen molar-refractivity contribution in [2.75, 3.05) is 20.7 Å². The Morgan fingerprint density at radius 2 is 2.32 bits per heavy atom. The van der Waals surface area contributed by atoms with Gasteiger partial charge in [-0.1, -0.05) is 11.6 Å². The van der Waals surface area contributed by atoms with Crippen LogP contribution in [0.5, 0.6) is 5.75 Å². The van der Waals surface area contributed by atoms with Gasteiger partial charge in [0.1, 0.15) is 5.75 Å². The molecule has 0 aromatic heterocycles. The predicted octanol–water partition coefficient (Wildman–Crippen LogP) is 2.73. The fourth-order valence-electron chi connectivity index (χ4n) is 1.45. The predicted molar refractivity (Wildman–Crippen MR) is 74.9 cm³/mol. The third-order valence-electron chi connectivity index (χ3n) is 2.53. The first kappa shape index (κ1) is 15.1. The van der Waals surface area contributed by atoms with Crippen molar-refractivity contribution >= 4 is 23.6 Å². The van der Waals surface area contributed by atoms with Crippen LogP contribution >= 0.6 is 11.6 Å². The maximum absolute atomic E-state index is 11.8. The molecule has 0 radical (unpaired) electrons. The molecule has 4 nitrogen and oxygen atoms in total. The molecule has 0 aliphatic carbocycles. The maximum atomic E-state index is 11.8. The highest BCUT2D eigenvalue weighted by molar-refractivity contribution is 6.30. The van der Waals surface area contributed by atoms with E-state index in [0.29, 0.717) is 23.7 Å². The van der Waals surface area contributed by atoms with Crippen molar-refractivity contribution in [3.8, 4) is 11.8 Å². The number of rotatable bonds is 5. The van der Waals surface area contributed by atoms with Crippen molar-refractivity contribution < 1.29 is 9.53 Å². The van der Waals surface area contributed by atoms with Gasteiger partial charge < -0.3 is 9.64 Å². The quantitative estimate of drug-likeness (QED) is 0.778. The third kappa shape index (κ3) is 4.65. The number of nitriles is 1. The van der Waals surface area contributed by atoms with Gasteiger partial charge in [-0.25, -0.2) is 0 Å². The fraction of sp³-hybridized carbons (Fsp3) is 0.286. The summed E-state index contributed by atoms with van der Waals surface area (Å²) in [6.07, 6.45) is 3.40. The summed E-state index contributed by atoms with van der Waals surface area (Å²) in [5.74, 6) is 0.477. The number of methoxy groups -OCH3 is 1. The smallest absolute Gasteiger partial charge is 0.246 e. The number of carbonyl (C=O) groups excluding carboxylic acids is 1. The molecule has 0 saturated heterocycles. The van der Waals surface area contributed by atoms with E-state index >= 15 is 0 Å². The number of ether oxygens (including phenoxy) is 1. The summed E-state index contributed by atoms with van der Waals surface area (Å²) >= 11 is 5.90. The maximum Gasteiger partial charge on any atom is 0.246 e. The van der Waals surface area contributed by atoms with E-state index in [2.05, 4.69) is 0 Å². The summed E-state index contributed by atoms with van der Waals surface area (Å²) in [5, 5.41) is 9.04. The Hall–Kier alpha value is -1.99. The van der Waals surface area contributed by atoms with Crippen LogP contribution in [0, 0.1) is 11.3 Å². The summed E-state index contributed by atoms with van der Waals surface area (Å²) in [7, 11) is 3.21. The number of carbonyl (C=O) groups is 1. The Balaban J connectivity index is 2.78. The van der Waals surface area contributed by atoms with Crippen molar-refractivity contribution in [2.45, 2.75) is 6.42 Å². The van der Waals surface area contributed by atoms with Crippen LogP contribution in [0.2, 0.25) is 5.02 Å². The molecule has 100 valence electrons. The molecule has 0 bridgehead atoms. The van der Waals surface area contributed by atoms with Crippen LogP contribution in [0.15, 0.2) is 24.3 Å². The van der Waals surface area contributed by atoms with E-state index in [1.54, 1.807) is 38.4 Å². The van der Waals surface area contributed by atoms with Crippen LogP contribution in [0.3, 0.4) is 0 Å². The molecule has 0 N–H and O–H groups in total. The summed E-state index contributed by atoms with van der Waals surface area (Å²) in [5.41, 5.74) is 0.733. The van der Waals surface area contributed by atoms with E-state index in [1.165, 1.54) is 11.0 Å². The molecule has 1 aromatic rings. The molecule has 0 saturated carbocycles. The first-order valence-electron chi connectivity index (χ1n) is 5.72. The topological polar surface area (TPSA) is 53.3 Å². The standard InChI is InChI=1S/C14H15ClN2O2/c1-17(9-3-8-16)14(18)7-4-11-10-12(15)5-6-13(11)19-2/h4-7,10H,3,9H2,1-2H3/b7-4+. The van der Waals surface area contributed by atoms with Gasteiger partial charge in [-0.15, -0.1) is 0 Å². The van der Waals surface area contributed by atoms with Crippen molar-refractivity contribution in [3.63, 3.8) is 0 Å². The van der Waals surface area contributed by atoms with Gasteiger partial charge in [0.05, 0.1) is 19.6 Å². The van der Waals surface area contributed by atoms with Gasteiger partial charge in [-0.2, -0.15) is 5.26 Å². The molecule has 5 heteroatoms. The Kier molecular flexibility index (Phi) is 5.91. The second-order valence-electron chi connectivity index (χ2n) is 3.89. The Morgan fingerprint density at radius 1 is 1.58 bits per heavy atom. The van der Waals surface area contributed by atoms with Gasteiger partial charge >= 0.3 is 0 Å². The first-order chi connectivity index (χ1) is 9.08. The first-order valence-corrected chi connectivity index (χ1v) is 6.10. The number of benzene rings is 1. The van der Waals surface area contributed by atoms with Crippen molar-refractivity contribution in [3.05, 3.63) is 34.9 Å². The Bertz CT molecular complexity index is 521. The van der Waals surface area contributed by atoms with Gasteiger partial charge in [0.25, 0.3) is 0 Å². The van der Waals surface area contributed by atoms with Gasteiger partial charge in [0, 0.05) is 30.3 Å². The molecule has 1 rings (SSSR count). The molecule has 1 amide bonds. The molecular weight excluding hydrogens is 264 g/mol. The van der Waals surface area contributed by atoms with E-state index in [1.807, 2.05) is 6.07 Å². The average Bonchev–Trinajstić information content (AvgIpc) is 2.42. The SMILES string of the molecule is COc1ccc(Cl)cc1/C=C/C(=O)N(C)CCC#N. The zero-order valence-corrected chi connectivity index (χ0v) is 11.6. The van der Waals surface area contributed by atoms with Gasteiger partial charge in [-0.05, 0) is 24.3 Å². The molecule has 0 atom stereocenters. The van der Waals surface area contributed by atoms with E-state index in [0.717, 1.165) is 5.56 Å². The van der Waals surface area contributed by atoms with E-state index in [4.69, 9.17) is 21.6 Å². The number of amides is 1. The lowest BCUT2D eigenvalue weighted by molar-refractivity contribution is -0.124. The van der Waals surface area contributed by atoms with E-state index in [-0.39, 0.29) is 5.91 Å². The van der Waals surface area contributed by atoms with Crippen LogP contribution < -0.4 is 4.74 Å². The third-order valence-corrected chi connectivity index (χ3v) is 2.77. The highest BCUT2D eigenvalue weighted by Gasteiger charge is 2.05. The van der Waals surface area contributed by atoms with Crippen LogP contribution in [-0.2, 0) is 4.79 Å².